The highest BCUT2D eigenvalue weighted by atomic mass is 16.3. The van der Waals surface area contributed by atoms with Gasteiger partial charge in [0, 0.05) is 11.8 Å². The molecule has 0 atom stereocenters. The molecular formula is C15H25NO. The summed E-state index contributed by atoms with van der Waals surface area (Å²) in [5.41, 5.74) is 7.64. The molecule has 2 heteroatoms. The van der Waals surface area contributed by atoms with Crippen molar-refractivity contribution in [2.24, 2.45) is 5.73 Å². The van der Waals surface area contributed by atoms with Gasteiger partial charge in [0.2, 0.25) is 0 Å². The van der Waals surface area contributed by atoms with Gasteiger partial charge in [-0.05, 0) is 31.2 Å². The molecule has 0 spiro atoms. The highest BCUT2D eigenvalue weighted by Gasteiger charge is 2.01. The minimum absolute atomic E-state index is 0.638. The zero-order valence-electron chi connectivity index (χ0n) is 11.7. The molecule has 1 aromatic carbocycles. The number of furan rings is 1. The van der Waals surface area contributed by atoms with Crippen LogP contribution in [-0.4, -0.2) is 6.54 Å². The van der Waals surface area contributed by atoms with Crippen molar-refractivity contribution in [3.05, 3.63) is 35.6 Å². The van der Waals surface area contributed by atoms with Crippen LogP contribution < -0.4 is 5.73 Å². The molecule has 1 aromatic heterocycles. The lowest BCUT2D eigenvalue weighted by Crippen LogP contribution is -2.01. The van der Waals surface area contributed by atoms with E-state index in [0.717, 1.165) is 23.2 Å². The highest BCUT2D eigenvalue weighted by molar-refractivity contribution is 5.78. The maximum Gasteiger partial charge on any atom is 0.134 e. The Morgan fingerprint density at radius 3 is 2.29 bits per heavy atom. The van der Waals surface area contributed by atoms with Crippen LogP contribution in [0.1, 0.15) is 39.0 Å². The number of hydrogen-bond acceptors (Lipinski definition) is 2. The molecule has 17 heavy (non-hydrogen) atoms. The summed E-state index contributed by atoms with van der Waals surface area (Å²) in [6.07, 6.45) is 0.813. The average Bonchev–Trinajstić information content (AvgIpc) is 2.76. The van der Waals surface area contributed by atoms with Gasteiger partial charge >= 0.3 is 0 Å². The number of hydrogen-bond donors (Lipinski definition) is 1. The first-order valence-corrected chi connectivity index (χ1v) is 6.49. The molecule has 0 aliphatic carbocycles. The number of fused-ring (bicyclic) bond motifs is 1. The minimum Gasteiger partial charge on any atom is -0.461 e. The minimum atomic E-state index is 0.638. The van der Waals surface area contributed by atoms with Crippen LogP contribution in [0.4, 0.5) is 0 Å². The van der Waals surface area contributed by atoms with Crippen molar-refractivity contribution in [1.29, 1.82) is 0 Å². The summed E-state index contributed by atoms with van der Waals surface area (Å²) in [5.74, 6) is 0.975. The highest BCUT2D eigenvalue weighted by Crippen LogP contribution is 2.20. The van der Waals surface area contributed by atoms with E-state index in [-0.39, 0.29) is 0 Å². The average molecular weight is 235 g/mol. The third-order valence-corrected chi connectivity index (χ3v) is 2.12. The summed E-state index contributed by atoms with van der Waals surface area (Å²) in [6.45, 7) is 10.7. The quantitative estimate of drug-likeness (QED) is 0.843. The summed E-state index contributed by atoms with van der Waals surface area (Å²) >= 11 is 0. The second-order valence-corrected chi connectivity index (χ2v) is 3.29. The molecule has 0 saturated heterocycles. The van der Waals surface area contributed by atoms with Crippen molar-refractivity contribution in [2.75, 3.05) is 6.54 Å². The fourth-order valence-electron chi connectivity index (χ4n) is 1.46. The second-order valence-electron chi connectivity index (χ2n) is 3.29. The molecule has 96 valence electrons. The van der Waals surface area contributed by atoms with E-state index in [1.54, 1.807) is 0 Å². The Morgan fingerprint density at radius 2 is 1.71 bits per heavy atom. The van der Waals surface area contributed by atoms with Crippen molar-refractivity contribution in [2.45, 2.75) is 41.0 Å². The predicted molar refractivity (Wildman–Crippen MR) is 76.4 cm³/mol. The number of aryl methyl sites for hydroxylation is 1. The number of benzene rings is 1. The molecule has 0 saturated carbocycles. The molecule has 0 amide bonds. The van der Waals surface area contributed by atoms with Crippen LogP contribution in [-0.2, 0) is 6.42 Å². The maximum atomic E-state index is 5.61. The number of nitrogens with two attached hydrogens (primary N) is 1. The van der Waals surface area contributed by atoms with Crippen LogP contribution >= 0.6 is 0 Å². The zero-order valence-corrected chi connectivity index (χ0v) is 11.7. The van der Waals surface area contributed by atoms with Crippen LogP contribution in [0.3, 0.4) is 0 Å². The van der Waals surface area contributed by atoms with Crippen molar-refractivity contribution in [1.82, 2.24) is 0 Å². The zero-order chi connectivity index (χ0) is 13.3. The van der Waals surface area contributed by atoms with Gasteiger partial charge in [0.1, 0.15) is 11.3 Å². The normalized spacial score (nSPS) is 9.06. The van der Waals surface area contributed by atoms with Gasteiger partial charge in [-0.1, -0.05) is 39.8 Å². The summed E-state index contributed by atoms with van der Waals surface area (Å²) in [5, 5.41) is 1.16. The van der Waals surface area contributed by atoms with Crippen LogP contribution in [0.2, 0.25) is 0 Å². The lowest BCUT2D eigenvalue weighted by Gasteiger charge is -1.90. The maximum absolute atomic E-state index is 5.61. The summed E-state index contributed by atoms with van der Waals surface area (Å²) in [6, 6.07) is 8.27. The topological polar surface area (TPSA) is 39.2 Å². The van der Waals surface area contributed by atoms with E-state index >= 15 is 0 Å². The Balaban J connectivity index is 0.000000581. The SMILES string of the molecule is CC.CC.Cc1ccc2cc(CCN)oc2c1. The van der Waals surface area contributed by atoms with Crippen molar-refractivity contribution in [3.63, 3.8) is 0 Å². The van der Waals surface area contributed by atoms with Crippen LogP contribution in [0, 0.1) is 6.92 Å². The fourth-order valence-corrected chi connectivity index (χ4v) is 1.46. The monoisotopic (exact) mass is 235 g/mol. The van der Waals surface area contributed by atoms with Gasteiger partial charge in [-0.3, -0.25) is 0 Å². The van der Waals surface area contributed by atoms with Gasteiger partial charge in [0.15, 0.2) is 0 Å². The summed E-state index contributed by atoms with van der Waals surface area (Å²) in [7, 11) is 0. The standard InChI is InChI=1S/C11H13NO.2C2H6/c1-8-2-3-9-7-10(4-5-12)13-11(9)6-8;2*1-2/h2-3,6-7H,4-5,12H2,1H3;2*1-2H3. The molecule has 2 rings (SSSR count). The van der Waals surface area contributed by atoms with E-state index in [1.165, 1.54) is 5.56 Å². The first-order valence-electron chi connectivity index (χ1n) is 6.49. The number of rotatable bonds is 2. The van der Waals surface area contributed by atoms with E-state index in [9.17, 15) is 0 Å². The first kappa shape index (κ1) is 15.7. The van der Waals surface area contributed by atoms with Crippen LogP contribution in [0.15, 0.2) is 28.7 Å². The van der Waals surface area contributed by atoms with Crippen molar-refractivity contribution < 1.29 is 4.42 Å². The predicted octanol–water partition coefficient (Wildman–Crippen LogP) is 4.29. The van der Waals surface area contributed by atoms with Crippen LogP contribution in [0.5, 0.6) is 0 Å². The molecule has 0 unspecified atom stereocenters. The molecule has 0 radical (unpaired) electrons. The van der Waals surface area contributed by atoms with E-state index in [4.69, 9.17) is 10.2 Å². The molecule has 1 heterocycles. The fraction of sp³-hybridized carbons (Fsp3) is 0.467. The van der Waals surface area contributed by atoms with E-state index in [1.807, 2.05) is 27.7 Å². The van der Waals surface area contributed by atoms with Gasteiger partial charge in [-0.15, -0.1) is 0 Å². The van der Waals surface area contributed by atoms with Gasteiger partial charge in [-0.25, -0.2) is 0 Å². The third kappa shape index (κ3) is 4.61. The lowest BCUT2D eigenvalue weighted by atomic mass is 10.2. The van der Waals surface area contributed by atoms with E-state index in [2.05, 4.69) is 31.2 Å². The largest absolute Gasteiger partial charge is 0.461 e. The Labute approximate surface area is 105 Å². The van der Waals surface area contributed by atoms with Crippen molar-refractivity contribution >= 4 is 11.0 Å². The molecule has 2 nitrogen and oxygen atoms in total. The van der Waals surface area contributed by atoms with Gasteiger partial charge < -0.3 is 10.2 Å². The third-order valence-electron chi connectivity index (χ3n) is 2.12. The Morgan fingerprint density at radius 1 is 1.06 bits per heavy atom. The van der Waals surface area contributed by atoms with Gasteiger partial charge in [0.05, 0.1) is 0 Å². The van der Waals surface area contributed by atoms with E-state index < -0.39 is 0 Å². The summed E-state index contributed by atoms with van der Waals surface area (Å²) < 4.78 is 5.61. The molecule has 0 aliphatic heterocycles. The molecule has 2 N–H and O–H groups in total. The van der Waals surface area contributed by atoms with Gasteiger partial charge in [-0.2, -0.15) is 0 Å². The molecular weight excluding hydrogens is 210 g/mol. The van der Waals surface area contributed by atoms with Gasteiger partial charge in [0.25, 0.3) is 0 Å². The van der Waals surface area contributed by atoms with Crippen molar-refractivity contribution in [3.8, 4) is 0 Å². The smallest absolute Gasteiger partial charge is 0.134 e. The molecule has 2 aromatic rings. The Hall–Kier alpha value is -1.28. The van der Waals surface area contributed by atoms with Crippen LogP contribution in [0.25, 0.3) is 11.0 Å². The molecule has 0 fully saturated rings. The Kier molecular flexibility index (Phi) is 8.16. The molecule has 0 bridgehead atoms. The Bertz CT molecular complexity index is 418. The second kappa shape index (κ2) is 8.82. The lowest BCUT2D eigenvalue weighted by molar-refractivity contribution is 0.550. The first-order chi connectivity index (χ1) is 8.29. The van der Waals surface area contributed by atoms with E-state index in [0.29, 0.717) is 6.54 Å². The summed E-state index contributed by atoms with van der Waals surface area (Å²) in [4.78, 5) is 0. The molecule has 0 aliphatic rings.